The Morgan fingerprint density at radius 3 is 1.63 bits per heavy atom. The molecule has 0 radical (unpaired) electrons. The topological polar surface area (TPSA) is 57.2 Å². The third-order valence-electron chi connectivity index (χ3n) is 8.05. The highest BCUT2D eigenvalue weighted by atomic mass is 28.4. The molecule has 0 bridgehead atoms. The van der Waals surface area contributed by atoms with Crippen LogP contribution in [0.5, 0.6) is 0 Å². The van der Waals surface area contributed by atoms with E-state index >= 15 is 0 Å². The Balaban J connectivity index is 2.79. The first-order valence-electron chi connectivity index (χ1n) is 13.4. The van der Waals surface area contributed by atoms with Crippen LogP contribution in [0.4, 0.5) is 0 Å². The van der Waals surface area contributed by atoms with E-state index in [4.69, 9.17) is 18.3 Å². The quantitative estimate of drug-likeness (QED) is 0.144. The van der Waals surface area contributed by atoms with Gasteiger partial charge in [0.25, 0.3) is 8.32 Å². The van der Waals surface area contributed by atoms with Crippen LogP contribution in [0.2, 0.25) is 23.2 Å². The third kappa shape index (κ3) is 6.76. The molecule has 5 nitrogen and oxygen atoms in total. The van der Waals surface area contributed by atoms with Crippen molar-refractivity contribution >= 4 is 27.0 Å². The maximum Gasteiger partial charge on any atom is 0.261 e. The molecule has 0 amide bonds. The minimum absolute atomic E-state index is 0.0784. The molecular formula is C31H50O5Si2. The van der Waals surface area contributed by atoms with Gasteiger partial charge in [-0.15, -0.1) is 6.58 Å². The monoisotopic (exact) mass is 558 g/mol. The molecule has 2 atom stereocenters. The van der Waals surface area contributed by atoms with Crippen molar-refractivity contribution in [3.8, 4) is 0 Å². The number of ether oxygens (including phenoxy) is 2. The van der Waals surface area contributed by atoms with Crippen molar-refractivity contribution in [1.82, 2.24) is 0 Å². The summed E-state index contributed by atoms with van der Waals surface area (Å²) in [5.74, 6) is 0. The molecule has 212 valence electrons. The van der Waals surface area contributed by atoms with Crippen LogP contribution >= 0.6 is 0 Å². The molecule has 0 saturated carbocycles. The van der Waals surface area contributed by atoms with E-state index in [9.17, 15) is 5.11 Å². The first kappa shape index (κ1) is 32.6. The van der Waals surface area contributed by atoms with Crippen LogP contribution in [0.15, 0.2) is 73.3 Å². The van der Waals surface area contributed by atoms with E-state index in [2.05, 4.69) is 110 Å². The van der Waals surface area contributed by atoms with Crippen LogP contribution in [-0.4, -0.2) is 60.1 Å². The van der Waals surface area contributed by atoms with Crippen molar-refractivity contribution in [2.75, 3.05) is 27.1 Å². The zero-order valence-corrected chi connectivity index (χ0v) is 27.3. The maximum absolute atomic E-state index is 11.9. The third-order valence-corrected chi connectivity index (χ3v) is 17.5. The molecule has 0 aliphatic carbocycles. The van der Waals surface area contributed by atoms with E-state index in [-0.39, 0.29) is 30.1 Å². The molecular weight excluding hydrogens is 509 g/mol. The van der Waals surface area contributed by atoms with Crippen LogP contribution in [0.25, 0.3) is 0 Å². The molecule has 1 unspecified atom stereocenters. The zero-order chi connectivity index (χ0) is 28.9. The van der Waals surface area contributed by atoms with Gasteiger partial charge in [0.15, 0.2) is 8.32 Å². The molecule has 2 rings (SSSR count). The van der Waals surface area contributed by atoms with Crippen LogP contribution in [0.3, 0.4) is 0 Å². The summed E-state index contributed by atoms with van der Waals surface area (Å²) in [4.78, 5) is 0. The van der Waals surface area contributed by atoms with Gasteiger partial charge in [0.2, 0.25) is 0 Å². The minimum Gasteiger partial charge on any atom is -0.404 e. The van der Waals surface area contributed by atoms with Crippen molar-refractivity contribution in [3.63, 3.8) is 0 Å². The van der Waals surface area contributed by atoms with Crippen molar-refractivity contribution < 1.29 is 23.4 Å². The van der Waals surface area contributed by atoms with Crippen molar-refractivity contribution in [2.24, 2.45) is 0 Å². The SMILES string of the molecule is C=CC(C)(O)[C@](COCOC)(CO[Si](c1ccccc1)(c1ccccc1)C(C)(C)C)O[Si](C)(C)C(C)(C)C. The van der Waals surface area contributed by atoms with Gasteiger partial charge >= 0.3 is 0 Å². The summed E-state index contributed by atoms with van der Waals surface area (Å²) in [6.07, 6.45) is 1.55. The summed E-state index contributed by atoms with van der Waals surface area (Å²) >= 11 is 0. The molecule has 0 heterocycles. The van der Waals surface area contributed by atoms with Gasteiger partial charge in [-0.2, -0.15) is 0 Å². The van der Waals surface area contributed by atoms with Gasteiger partial charge in [0.1, 0.15) is 18.0 Å². The number of hydrogen-bond donors (Lipinski definition) is 1. The van der Waals surface area contributed by atoms with E-state index < -0.39 is 27.8 Å². The van der Waals surface area contributed by atoms with Gasteiger partial charge < -0.3 is 23.4 Å². The lowest BCUT2D eigenvalue weighted by Crippen LogP contribution is -2.71. The Labute approximate surface area is 233 Å². The van der Waals surface area contributed by atoms with Crippen molar-refractivity contribution in [1.29, 1.82) is 0 Å². The van der Waals surface area contributed by atoms with E-state index in [0.717, 1.165) is 10.4 Å². The Kier molecular flexibility index (Phi) is 10.6. The van der Waals surface area contributed by atoms with Crippen LogP contribution in [0.1, 0.15) is 48.5 Å². The number of aliphatic hydroxyl groups is 1. The largest absolute Gasteiger partial charge is 0.404 e. The van der Waals surface area contributed by atoms with Gasteiger partial charge in [-0.1, -0.05) is 108 Å². The summed E-state index contributed by atoms with van der Waals surface area (Å²) in [6, 6.07) is 21.0. The molecule has 1 N–H and O–H groups in total. The normalized spacial score (nSPS) is 16.5. The highest BCUT2D eigenvalue weighted by molar-refractivity contribution is 6.99. The Morgan fingerprint density at radius 1 is 0.789 bits per heavy atom. The lowest BCUT2D eigenvalue weighted by Gasteiger charge is -2.52. The fourth-order valence-electron chi connectivity index (χ4n) is 4.60. The predicted molar refractivity (Wildman–Crippen MR) is 163 cm³/mol. The van der Waals surface area contributed by atoms with E-state index in [0.29, 0.717) is 0 Å². The summed E-state index contributed by atoms with van der Waals surface area (Å²) in [5, 5.41) is 13.9. The van der Waals surface area contributed by atoms with Crippen LogP contribution < -0.4 is 10.4 Å². The molecule has 2 aromatic carbocycles. The lowest BCUT2D eigenvalue weighted by atomic mass is 9.85. The average molecular weight is 559 g/mol. The number of hydrogen-bond acceptors (Lipinski definition) is 5. The highest BCUT2D eigenvalue weighted by Gasteiger charge is 2.57. The number of rotatable bonds is 13. The summed E-state index contributed by atoms with van der Waals surface area (Å²) in [5.41, 5.74) is -2.66. The van der Waals surface area contributed by atoms with Gasteiger partial charge in [-0.05, 0) is 40.5 Å². The minimum atomic E-state index is -2.92. The summed E-state index contributed by atoms with van der Waals surface area (Å²) in [6.45, 7) is 23.6. The van der Waals surface area contributed by atoms with E-state index in [1.165, 1.54) is 0 Å². The first-order chi connectivity index (χ1) is 17.5. The van der Waals surface area contributed by atoms with Gasteiger partial charge in [-0.3, -0.25) is 0 Å². The number of methoxy groups -OCH3 is 1. The van der Waals surface area contributed by atoms with Crippen molar-refractivity contribution in [3.05, 3.63) is 73.3 Å². The molecule has 0 aliphatic rings. The first-order valence-corrected chi connectivity index (χ1v) is 18.2. The number of benzene rings is 2. The van der Waals surface area contributed by atoms with Crippen molar-refractivity contribution in [2.45, 2.75) is 82.8 Å². The molecule has 0 spiro atoms. The lowest BCUT2D eigenvalue weighted by molar-refractivity contribution is -0.175. The standard InChI is InChI=1S/C31H50O5Si2/c1-12-30(8,32)31(23-34-25-33-9,36-37(10,11)28(2,3)4)24-35-38(29(5,6)7,26-19-15-13-16-20-26)27-21-17-14-18-22-27/h12-22,32H,1,23-25H2,2-11H3/t30?,31-/m0/s1. The smallest absolute Gasteiger partial charge is 0.261 e. The Hall–Kier alpha value is -1.59. The summed E-state index contributed by atoms with van der Waals surface area (Å²) in [7, 11) is -3.75. The molecule has 0 aromatic heterocycles. The van der Waals surface area contributed by atoms with Gasteiger partial charge in [0, 0.05) is 7.11 Å². The second-order valence-corrected chi connectivity index (χ2v) is 21.9. The Bertz CT molecular complexity index is 971. The summed E-state index contributed by atoms with van der Waals surface area (Å²) < 4.78 is 25.6. The molecule has 0 fully saturated rings. The van der Waals surface area contributed by atoms with E-state index in [1.807, 2.05) is 12.1 Å². The fourth-order valence-corrected chi connectivity index (χ4v) is 10.8. The maximum atomic E-state index is 11.9. The fraction of sp³-hybridized carbons (Fsp3) is 0.548. The second-order valence-electron chi connectivity index (χ2n) is 12.9. The highest BCUT2D eigenvalue weighted by Crippen LogP contribution is 2.44. The molecule has 38 heavy (non-hydrogen) atoms. The average Bonchev–Trinajstić information content (AvgIpc) is 2.84. The molecule has 7 heteroatoms. The Morgan fingerprint density at radius 2 is 1.26 bits per heavy atom. The van der Waals surface area contributed by atoms with Gasteiger partial charge in [-0.25, -0.2) is 0 Å². The van der Waals surface area contributed by atoms with Gasteiger partial charge in [0.05, 0.1) is 13.2 Å². The molecule has 0 saturated heterocycles. The molecule has 2 aromatic rings. The van der Waals surface area contributed by atoms with E-state index in [1.54, 1.807) is 20.1 Å². The second kappa shape index (κ2) is 12.3. The predicted octanol–water partition coefficient (Wildman–Crippen LogP) is 5.88. The zero-order valence-electron chi connectivity index (χ0n) is 25.3. The van der Waals surface area contributed by atoms with Crippen LogP contribution in [-0.2, 0) is 18.3 Å². The molecule has 0 aliphatic heterocycles. The van der Waals surface area contributed by atoms with Crippen LogP contribution in [0, 0.1) is 0 Å².